The van der Waals surface area contributed by atoms with Crippen molar-refractivity contribution >= 4 is 29.6 Å². The third kappa shape index (κ3) is 7.49. The maximum atomic E-state index is 11.8. The molecule has 8 heteroatoms. The van der Waals surface area contributed by atoms with Crippen molar-refractivity contribution in [3.05, 3.63) is 69.8 Å². The number of nitro groups is 1. The highest BCUT2D eigenvalue weighted by Crippen LogP contribution is 2.16. The van der Waals surface area contributed by atoms with Gasteiger partial charge in [-0.2, -0.15) is 5.10 Å². The number of nitrogens with one attached hydrogen (secondary N) is 1. The van der Waals surface area contributed by atoms with Crippen LogP contribution in [0.5, 0.6) is 5.75 Å². The van der Waals surface area contributed by atoms with Crippen LogP contribution in [0.25, 0.3) is 0 Å². The molecular formula is C19H21N3O4S. The average molecular weight is 387 g/mol. The van der Waals surface area contributed by atoms with E-state index >= 15 is 0 Å². The molecule has 1 N–H and O–H groups in total. The van der Waals surface area contributed by atoms with Crippen molar-refractivity contribution in [2.75, 3.05) is 12.4 Å². The minimum atomic E-state index is -0.436. The van der Waals surface area contributed by atoms with Gasteiger partial charge >= 0.3 is 0 Å². The number of hydrazone groups is 1. The molecule has 0 aliphatic carbocycles. The van der Waals surface area contributed by atoms with E-state index < -0.39 is 4.92 Å². The molecule has 2 aromatic carbocycles. The van der Waals surface area contributed by atoms with Gasteiger partial charge < -0.3 is 4.74 Å². The van der Waals surface area contributed by atoms with Gasteiger partial charge in [0.05, 0.1) is 23.5 Å². The van der Waals surface area contributed by atoms with Crippen LogP contribution >= 0.6 is 11.8 Å². The number of ether oxygens (including phenoxy) is 1. The van der Waals surface area contributed by atoms with Crippen LogP contribution in [0, 0.1) is 10.1 Å². The van der Waals surface area contributed by atoms with E-state index in [9.17, 15) is 14.9 Å². The number of carbonyl (C=O) groups is 1. The zero-order chi connectivity index (χ0) is 19.5. The number of rotatable bonds is 10. The molecule has 0 aromatic heterocycles. The van der Waals surface area contributed by atoms with Gasteiger partial charge in [-0.15, -0.1) is 11.8 Å². The van der Waals surface area contributed by atoms with Crippen LogP contribution in [0.3, 0.4) is 0 Å². The molecule has 0 unspecified atom stereocenters. The molecule has 0 atom stereocenters. The Labute approximate surface area is 162 Å². The van der Waals surface area contributed by atoms with Crippen LogP contribution in [0.2, 0.25) is 0 Å². The van der Waals surface area contributed by atoms with E-state index in [-0.39, 0.29) is 17.3 Å². The summed E-state index contributed by atoms with van der Waals surface area (Å²) in [5.74, 6) is 1.44. The standard InChI is InChI=1S/C19H21N3O4S/c1-2-11-26-18-9-5-15(6-10-18)12-20-21-19(23)14-27-13-16-3-7-17(8-4-16)22(24)25/h3-10,12H,2,11,13-14H2,1H3,(H,21,23)/b20-12-. The van der Waals surface area contributed by atoms with Crippen molar-refractivity contribution < 1.29 is 14.5 Å². The summed E-state index contributed by atoms with van der Waals surface area (Å²) in [6.45, 7) is 2.73. The molecule has 7 nitrogen and oxygen atoms in total. The fraction of sp³-hybridized carbons (Fsp3) is 0.263. The van der Waals surface area contributed by atoms with Crippen LogP contribution < -0.4 is 10.2 Å². The Kier molecular flexibility index (Phi) is 8.31. The van der Waals surface area contributed by atoms with E-state index in [1.165, 1.54) is 23.9 Å². The van der Waals surface area contributed by atoms with Gasteiger partial charge in [0.2, 0.25) is 5.91 Å². The molecule has 2 aromatic rings. The first-order valence-electron chi connectivity index (χ1n) is 8.44. The Hall–Kier alpha value is -2.87. The molecule has 0 radical (unpaired) electrons. The van der Waals surface area contributed by atoms with Gasteiger partial charge in [-0.25, -0.2) is 5.43 Å². The minimum absolute atomic E-state index is 0.0563. The lowest BCUT2D eigenvalue weighted by molar-refractivity contribution is -0.384. The fourth-order valence-corrected chi connectivity index (χ4v) is 2.84. The Morgan fingerprint density at radius 3 is 2.56 bits per heavy atom. The average Bonchev–Trinajstić information content (AvgIpc) is 2.68. The van der Waals surface area contributed by atoms with Crippen LogP contribution in [-0.2, 0) is 10.5 Å². The second-order valence-corrected chi connectivity index (χ2v) is 6.61. The maximum Gasteiger partial charge on any atom is 0.269 e. The zero-order valence-electron chi connectivity index (χ0n) is 15.0. The topological polar surface area (TPSA) is 93.8 Å². The second kappa shape index (κ2) is 11.0. The smallest absolute Gasteiger partial charge is 0.269 e. The van der Waals surface area contributed by atoms with Gasteiger partial charge in [-0.1, -0.05) is 19.1 Å². The number of nitro benzene ring substituents is 1. The number of hydrogen-bond acceptors (Lipinski definition) is 6. The molecule has 27 heavy (non-hydrogen) atoms. The molecule has 0 fully saturated rings. The van der Waals surface area contributed by atoms with E-state index in [1.54, 1.807) is 18.3 Å². The Morgan fingerprint density at radius 1 is 1.22 bits per heavy atom. The molecule has 142 valence electrons. The number of carbonyl (C=O) groups excluding carboxylic acids is 1. The number of nitrogens with zero attached hydrogens (tertiary/aromatic N) is 2. The highest BCUT2D eigenvalue weighted by molar-refractivity contribution is 7.99. The largest absolute Gasteiger partial charge is 0.494 e. The molecule has 0 aliphatic heterocycles. The molecular weight excluding hydrogens is 366 g/mol. The molecule has 0 aliphatic rings. The summed E-state index contributed by atoms with van der Waals surface area (Å²) < 4.78 is 5.50. The quantitative estimate of drug-likeness (QED) is 0.380. The summed E-state index contributed by atoms with van der Waals surface area (Å²) in [6.07, 6.45) is 2.53. The van der Waals surface area contributed by atoms with E-state index in [1.807, 2.05) is 31.2 Å². The van der Waals surface area contributed by atoms with Gasteiger partial charge in [0.15, 0.2) is 0 Å². The van der Waals surface area contributed by atoms with E-state index in [2.05, 4.69) is 10.5 Å². The highest BCUT2D eigenvalue weighted by Gasteiger charge is 2.05. The molecule has 0 heterocycles. The molecule has 1 amide bonds. The van der Waals surface area contributed by atoms with Crippen molar-refractivity contribution in [3.63, 3.8) is 0 Å². The van der Waals surface area contributed by atoms with Crippen molar-refractivity contribution in [1.29, 1.82) is 0 Å². The normalized spacial score (nSPS) is 10.7. The van der Waals surface area contributed by atoms with Crippen molar-refractivity contribution in [2.24, 2.45) is 5.10 Å². The summed E-state index contributed by atoms with van der Waals surface area (Å²) in [5, 5.41) is 14.5. The predicted octanol–water partition coefficient (Wildman–Crippen LogP) is 3.77. The second-order valence-electron chi connectivity index (χ2n) is 5.63. The highest BCUT2D eigenvalue weighted by atomic mass is 32.2. The van der Waals surface area contributed by atoms with Gasteiger partial charge in [0.25, 0.3) is 5.69 Å². The van der Waals surface area contributed by atoms with E-state index in [0.717, 1.165) is 23.3 Å². The predicted molar refractivity (Wildman–Crippen MR) is 107 cm³/mol. The number of amides is 1. The number of hydrogen-bond donors (Lipinski definition) is 1. The van der Waals surface area contributed by atoms with E-state index in [4.69, 9.17) is 4.74 Å². The van der Waals surface area contributed by atoms with Crippen LogP contribution in [-0.4, -0.2) is 29.4 Å². The number of non-ortho nitro benzene ring substituents is 1. The molecule has 0 spiro atoms. The van der Waals surface area contributed by atoms with Crippen molar-refractivity contribution in [3.8, 4) is 5.75 Å². The van der Waals surface area contributed by atoms with Crippen LogP contribution in [0.15, 0.2) is 53.6 Å². The lowest BCUT2D eigenvalue weighted by atomic mass is 10.2. The SMILES string of the molecule is CCCOc1ccc(/C=N\NC(=O)CSCc2ccc([N+](=O)[O-])cc2)cc1. The van der Waals surface area contributed by atoms with Crippen molar-refractivity contribution in [2.45, 2.75) is 19.1 Å². The van der Waals surface area contributed by atoms with E-state index in [0.29, 0.717) is 12.4 Å². The van der Waals surface area contributed by atoms with Gasteiger partial charge in [0.1, 0.15) is 5.75 Å². The maximum absolute atomic E-state index is 11.8. The van der Waals surface area contributed by atoms with Crippen molar-refractivity contribution in [1.82, 2.24) is 5.43 Å². The Morgan fingerprint density at radius 2 is 1.93 bits per heavy atom. The third-order valence-corrected chi connectivity index (χ3v) is 4.41. The summed E-state index contributed by atoms with van der Waals surface area (Å²) >= 11 is 1.41. The molecule has 0 saturated carbocycles. The fourth-order valence-electron chi connectivity index (χ4n) is 2.06. The Balaban J connectivity index is 1.69. The molecule has 2 rings (SSSR count). The molecule has 0 saturated heterocycles. The van der Waals surface area contributed by atoms with Crippen LogP contribution in [0.4, 0.5) is 5.69 Å². The minimum Gasteiger partial charge on any atom is -0.494 e. The number of benzene rings is 2. The van der Waals surface area contributed by atoms with Crippen LogP contribution in [0.1, 0.15) is 24.5 Å². The number of thioether (sulfide) groups is 1. The summed E-state index contributed by atoms with van der Waals surface area (Å²) in [5.41, 5.74) is 4.32. The summed E-state index contributed by atoms with van der Waals surface area (Å²) in [4.78, 5) is 22.0. The first-order valence-corrected chi connectivity index (χ1v) is 9.60. The Bertz CT molecular complexity index is 777. The first kappa shape index (κ1) is 20.4. The summed E-state index contributed by atoms with van der Waals surface area (Å²) in [7, 11) is 0. The zero-order valence-corrected chi connectivity index (χ0v) is 15.8. The van der Waals surface area contributed by atoms with Gasteiger partial charge in [0, 0.05) is 17.9 Å². The molecule has 0 bridgehead atoms. The monoisotopic (exact) mass is 387 g/mol. The lowest BCUT2D eigenvalue weighted by Gasteiger charge is -2.04. The third-order valence-electron chi connectivity index (χ3n) is 3.40. The lowest BCUT2D eigenvalue weighted by Crippen LogP contribution is -2.19. The van der Waals surface area contributed by atoms with Gasteiger partial charge in [-0.3, -0.25) is 14.9 Å². The van der Waals surface area contributed by atoms with Gasteiger partial charge in [-0.05, 0) is 41.8 Å². The summed E-state index contributed by atoms with van der Waals surface area (Å²) in [6, 6.07) is 13.7. The first-order chi connectivity index (χ1) is 13.1.